The van der Waals surface area contributed by atoms with E-state index in [2.05, 4.69) is 109 Å². The second kappa shape index (κ2) is 9.23. The molecule has 0 amide bonds. The first-order chi connectivity index (χ1) is 16.6. The first-order valence-electron chi connectivity index (χ1n) is 13.3. The van der Waals surface area contributed by atoms with Crippen LogP contribution in [-0.4, -0.2) is 35.6 Å². The standard InChI is InChI=1S/C30H45NO3Si2/c1-29(2,3)35(8,9)33-27-19-17-23-21-12-14-24-22(16-18-26(24)31-32-7)20(21)13-15-25(23)28(27)34-36(10,11)30(4,5)6/h12-15,17,19,27-28H,16,18H2,1-11H3/b31-26+/t27-,28-/m0/s1. The van der Waals surface area contributed by atoms with Crippen LogP contribution in [0.5, 0.6) is 0 Å². The molecule has 4 nitrogen and oxygen atoms in total. The first kappa shape index (κ1) is 27.3. The molecule has 0 bridgehead atoms. The largest absolute Gasteiger partial charge is 0.408 e. The van der Waals surface area contributed by atoms with Crippen molar-refractivity contribution in [1.29, 1.82) is 0 Å². The summed E-state index contributed by atoms with van der Waals surface area (Å²) in [6.07, 6.45) is 6.29. The van der Waals surface area contributed by atoms with Crippen LogP contribution in [0.2, 0.25) is 36.3 Å². The van der Waals surface area contributed by atoms with E-state index in [4.69, 9.17) is 13.7 Å². The molecule has 0 saturated heterocycles. The van der Waals surface area contributed by atoms with E-state index in [9.17, 15) is 0 Å². The molecule has 4 rings (SSSR count). The number of nitrogens with zero attached hydrogens (tertiary/aromatic N) is 1. The van der Waals surface area contributed by atoms with Crippen LogP contribution in [0.1, 0.15) is 76.3 Å². The zero-order chi connectivity index (χ0) is 26.7. The van der Waals surface area contributed by atoms with E-state index in [1.54, 1.807) is 7.11 Å². The minimum atomic E-state index is -2.05. The Labute approximate surface area is 220 Å². The maximum absolute atomic E-state index is 7.18. The van der Waals surface area contributed by atoms with Gasteiger partial charge in [0.05, 0.1) is 17.9 Å². The molecule has 0 heterocycles. The topological polar surface area (TPSA) is 40.0 Å². The smallest absolute Gasteiger partial charge is 0.193 e. The number of benzene rings is 2. The molecule has 196 valence electrons. The van der Waals surface area contributed by atoms with Gasteiger partial charge in [0.25, 0.3) is 0 Å². The molecule has 0 fully saturated rings. The summed E-state index contributed by atoms with van der Waals surface area (Å²) in [6, 6.07) is 9.07. The Kier molecular flexibility index (Phi) is 7.00. The van der Waals surface area contributed by atoms with Crippen molar-refractivity contribution in [3.63, 3.8) is 0 Å². The number of rotatable bonds is 5. The molecule has 6 heteroatoms. The number of oxime groups is 1. The number of hydrogen-bond acceptors (Lipinski definition) is 4. The van der Waals surface area contributed by atoms with Gasteiger partial charge < -0.3 is 13.7 Å². The lowest BCUT2D eigenvalue weighted by Crippen LogP contribution is -2.49. The Morgan fingerprint density at radius 2 is 1.42 bits per heavy atom. The first-order valence-corrected chi connectivity index (χ1v) is 19.1. The fourth-order valence-electron chi connectivity index (χ4n) is 4.78. The van der Waals surface area contributed by atoms with Crippen molar-refractivity contribution in [2.75, 3.05) is 7.11 Å². The van der Waals surface area contributed by atoms with Crippen molar-refractivity contribution in [1.82, 2.24) is 0 Å². The predicted molar refractivity (Wildman–Crippen MR) is 158 cm³/mol. The molecule has 0 aliphatic heterocycles. The molecule has 2 aliphatic rings. The van der Waals surface area contributed by atoms with Gasteiger partial charge in [0.15, 0.2) is 16.6 Å². The van der Waals surface area contributed by atoms with Gasteiger partial charge in [0, 0.05) is 5.56 Å². The zero-order valence-electron chi connectivity index (χ0n) is 24.2. The zero-order valence-corrected chi connectivity index (χ0v) is 26.2. The highest BCUT2D eigenvalue weighted by Gasteiger charge is 2.45. The average Bonchev–Trinajstić information content (AvgIpc) is 3.16. The van der Waals surface area contributed by atoms with Gasteiger partial charge in [-0.25, -0.2) is 0 Å². The third-order valence-electron chi connectivity index (χ3n) is 9.03. The van der Waals surface area contributed by atoms with E-state index >= 15 is 0 Å². The molecular formula is C30H45NO3Si2. The summed E-state index contributed by atoms with van der Waals surface area (Å²) >= 11 is 0. The van der Waals surface area contributed by atoms with Crippen molar-refractivity contribution < 1.29 is 13.7 Å². The lowest BCUT2D eigenvalue weighted by Gasteiger charge is -2.45. The molecule has 2 aromatic carbocycles. The molecule has 0 aromatic heterocycles. The molecule has 0 spiro atoms. The van der Waals surface area contributed by atoms with Gasteiger partial charge in [-0.05, 0) is 76.6 Å². The minimum absolute atomic E-state index is 0.0835. The van der Waals surface area contributed by atoms with E-state index in [1.807, 2.05) is 0 Å². The van der Waals surface area contributed by atoms with E-state index in [0.717, 1.165) is 18.6 Å². The van der Waals surface area contributed by atoms with Crippen molar-refractivity contribution in [3.05, 3.63) is 52.6 Å². The SMILES string of the molecule is CO/N=C1\CCc2c1ccc1c3c(ccc21)[C@H](O[Si](C)(C)C(C)(C)C)[C@@H](O[Si](C)(C)C(C)(C)C)C=C3. The van der Waals surface area contributed by atoms with Crippen LogP contribution in [0.3, 0.4) is 0 Å². The Hall–Kier alpha value is -1.74. The average molecular weight is 524 g/mol. The van der Waals surface area contributed by atoms with Crippen LogP contribution in [0.4, 0.5) is 0 Å². The van der Waals surface area contributed by atoms with Crippen molar-refractivity contribution in [3.8, 4) is 0 Å². The normalized spacial score (nSPS) is 21.7. The minimum Gasteiger partial charge on any atom is -0.408 e. The van der Waals surface area contributed by atoms with Crippen LogP contribution in [0.25, 0.3) is 16.8 Å². The Morgan fingerprint density at radius 1 is 0.806 bits per heavy atom. The Bertz CT molecular complexity index is 1220. The van der Waals surface area contributed by atoms with Gasteiger partial charge >= 0.3 is 0 Å². The molecule has 0 saturated carbocycles. The van der Waals surface area contributed by atoms with E-state index < -0.39 is 16.6 Å². The van der Waals surface area contributed by atoms with Gasteiger partial charge in [-0.3, -0.25) is 0 Å². The molecule has 2 aromatic rings. The fourth-order valence-corrected chi connectivity index (χ4v) is 7.26. The van der Waals surface area contributed by atoms with Crippen LogP contribution < -0.4 is 0 Å². The number of fused-ring (bicyclic) bond motifs is 5. The third kappa shape index (κ3) is 4.78. The fraction of sp³-hybridized carbons (Fsp3) is 0.567. The molecule has 36 heavy (non-hydrogen) atoms. The maximum Gasteiger partial charge on any atom is 0.193 e. The van der Waals surface area contributed by atoms with Crippen LogP contribution >= 0.6 is 0 Å². The van der Waals surface area contributed by atoms with Crippen LogP contribution in [-0.2, 0) is 20.1 Å². The second-order valence-corrected chi connectivity index (χ2v) is 23.0. The highest BCUT2D eigenvalue weighted by molar-refractivity contribution is 6.74. The monoisotopic (exact) mass is 523 g/mol. The quantitative estimate of drug-likeness (QED) is 0.291. The predicted octanol–water partition coefficient (Wildman–Crippen LogP) is 8.62. The second-order valence-electron chi connectivity index (χ2n) is 13.5. The summed E-state index contributed by atoms with van der Waals surface area (Å²) in [4.78, 5) is 5.10. The van der Waals surface area contributed by atoms with Gasteiger partial charge in [-0.1, -0.05) is 83.1 Å². The molecule has 0 N–H and O–H groups in total. The lowest BCUT2D eigenvalue weighted by molar-refractivity contribution is 0.0618. The molecule has 2 atom stereocenters. The highest BCUT2D eigenvalue weighted by Crippen LogP contribution is 2.47. The molecule has 0 radical (unpaired) electrons. The van der Waals surface area contributed by atoms with Gasteiger partial charge in [0.1, 0.15) is 7.11 Å². The van der Waals surface area contributed by atoms with Crippen LogP contribution in [0.15, 0.2) is 35.5 Å². The van der Waals surface area contributed by atoms with Gasteiger partial charge in [0.2, 0.25) is 0 Å². The lowest BCUT2D eigenvalue weighted by atomic mass is 9.87. The molecular weight excluding hydrogens is 479 g/mol. The maximum atomic E-state index is 7.18. The molecule has 2 aliphatic carbocycles. The Morgan fingerprint density at radius 3 is 2.03 bits per heavy atom. The summed E-state index contributed by atoms with van der Waals surface area (Å²) in [5.74, 6) is 0. The summed E-state index contributed by atoms with van der Waals surface area (Å²) < 4.78 is 14.2. The summed E-state index contributed by atoms with van der Waals surface area (Å²) in [5, 5.41) is 7.12. The molecule has 0 unspecified atom stereocenters. The third-order valence-corrected chi connectivity index (χ3v) is 18.0. The summed E-state index contributed by atoms with van der Waals surface area (Å²) in [6.45, 7) is 23.2. The summed E-state index contributed by atoms with van der Waals surface area (Å²) in [7, 11) is -2.43. The number of aryl methyl sites for hydroxylation is 1. The van der Waals surface area contributed by atoms with E-state index in [1.165, 1.54) is 33.0 Å². The van der Waals surface area contributed by atoms with Crippen molar-refractivity contribution >= 4 is 39.2 Å². The van der Waals surface area contributed by atoms with Crippen molar-refractivity contribution in [2.45, 2.75) is 103 Å². The van der Waals surface area contributed by atoms with Crippen LogP contribution in [0, 0.1) is 0 Å². The van der Waals surface area contributed by atoms with Gasteiger partial charge in [-0.2, -0.15) is 0 Å². The Balaban J connectivity index is 1.84. The highest BCUT2D eigenvalue weighted by atomic mass is 28.4. The van der Waals surface area contributed by atoms with Gasteiger partial charge in [-0.15, -0.1) is 0 Å². The van der Waals surface area contributed by atoms with Crippen molar-refractivity contribution in [2.24, 2.45) is 5.16 Å². The summed E-state index contributed by atoms with van der Waals surface area (Å²) in [5.41, 5.74) is 6.16. The number of hydrogen-bond donors (Lipinski definition) is 0. The van der Waals surface area contributed by atoms with E-state index in [0.29, 0.717) is 0 Å². The van der Waals surface area contributed by atoms with E-state index in [-0.39, 0.29) is 22.3 Å².